The van der Waals surface area contributed by atoms with Gasteiger partial charge in [-0.1, -0.05) is 30.3 Å². The lowest BCUT2D eigenvalue weighted by Crippen LogP contribution is -2.36. The zero-order chi connectivity index (χ0) is 17.2. The average molecular weight is 335 g/mol. The van der Waals surface area contributed by atoms with Crippen LogP contribution < -0.4 is 0 Å². The van der Waals surface area contributed by atoms with Crippen molar-refractivity contribution in [3.63, 3.8) is 0 Å². The highest BCUT2D eigenvalue weighted by Crippen LogP contribution is 2.29. The van der Waals surface area contributed by atoms with Crippen molar-refractivity contribution in [1.29, 1.82) is 0 Å². The maximum atomic E-state index is 13.0. The number of amides is 1. The van der Waals surface area contributed by atoms with Gasteiger partial charge in [0.25, 0.3) is 5.91 Å². The highest BCUT2D eigenvalue weighted by Gasteiger charge is 2.31. The lowest BCUT2D eigenvalue weighted by molar-refractivity contribution is 0.0667. The molecule has 25 heavy (non-hydrogen) atoms. The van der Waals surface area contributed by atoms with Crippen LogP contribution >= 0.6 is 0 Å². The predicted molar refractivity (Wildman–Crippen MR) is 96.2 cm³/mol. The Morgan fingerprint density at radius 2 is 2.12 bits per heavy atom. The Hall–Kier alpha value is -2.66. The van der Waals surface area contributed by atoms with Gasteiger partial charge in [0.1, 0.15) is 0 Å². The van der Waals surface area contributed by atoms with Gasteiger partial charge in [-0.05, 0) is 43.0 Å². The first-order chi connectivity index (χ1) is 12.2. The zero-order valence-corrected chi connectivity index (χ0v) is 13.9. The van der Waals surface area contributed by atoms with Crippen molar-refractivity contribution in [2.75, 3.05) is 6.54 Å². The fourth-order valence-electron chi connectivity index (χ4n) is 3.66. The van der Waals surface area contributed by atoms with Gasteiger partial charge in [-0.3, -0.25) is 9.89 Å². The molecule has 2 N–H and O–H groups in total. The molecule has 0 spiro atoms. The second-order valence-electron chi connectivity index (χ2n) is 6.63. The first kappa shape index (κ1) is 15.8. The maximum Gasteiger partial charge on any atom is 0.254 e. The third-order valence-corrected chi connectivity index (χ3v) is 5.00. The zero-order valence-electron chi connectivity index (χ0n) is 13.9. The first-order valence-electron chi connectivity index (χ1n) is 8.69. The van der Waals surface area contributed by atoms with Gasteiger partial charge < -0.3 is 10.0 Å². The summed E-state index contributed by atoms with van der Waals surface area (Å²) < 4.78 is 0. The summed E-state index contributed by atoms with van der Waals surface area (Å²) in [5.41, 5.74) is 2.51. The van der Waals surface area contributed by atoms with Crippen LogP contribution in [0, 0.1) is 0 Å². The van der Waals surface area contributed by atoms with Crippen molar-refractivity contribution in [2.45, 2.75) is 31.4 Å². The van der Waals surface area contributed by atoms with Crippen LogP contribution in [0.15, 0.2) is 54.7 Å². The first-order valence-corrected chi connectivity index (χ1v) is 8.69. The Balaban J connectivity index is 1.51. The number of aromatic nitrogens is 2. The SMILES string of the molecule is O=C(c1ccc2[nH]ncc2c1)N1CCCC1CC(O)c1ccccc1. The Morgan fingerprint density at radius 1 is 1.28 bits per heavy atom. The van der Waals surface area contributed by atoms with Gasteiger partial charge in [-0.15, -0.1) is 0 Å². The molecule has 2 atom stereocenters. The Bertz CT molecular complexity index is 875. The molecule has 2 unspecified atom stereocenters. The van der Waals surface area contributed by atoms with Crippen molar-refractivity contribution >= 4 is 16.8 Å². The van der Waals surface area contributed by atoms with Gasteiger partial charge in [0.05, 0.1) is 17.8 Å². The normalized spacial score (nSPS) is 18.6. The smallest absolute Gasteiger partial charge is 0.254 e. The Labute approximate surface area is 146 Å². The molecule has 0 radical (unpaired) electrons. The minimum Gasteiger partial charge on any atom is -0.388 e. The van der Waals surface area contributed by atoms with Crippen molar-refractivity contribution in [1.82, 2.24) is 15.1 Å². The van der Waals surface area contributed by atoms with E-state index in [1.807, 2.05) is 53.4 Å². The van der Waals surface area contributed by atoms with Crippen LogP contribution in [0.25, 0.3) is 10.9 Å². The van der Waals surface area contributed by atoms with Crippen LogP contribution in [0.5, 0.6) is 0 Å². The highest BCUT2D eigenvalue weighted by atomic mass is 16.3. The van der Waals surface area contributed by atoms with E-state index >= 15 is 0 Å². The number of hydrogen-bond donors (Lipinski definition) is 2. The van der Waals surface area contributed by atoms with Crippen LogP contribution in [0.1, 0.15) is 41.3 Å². The van der Waals surface area contributed by atoms with Crippen LogP contribution in [0.3, 0.4) is 0 Å². The number of nitrogens with zero attached hydrogens (tertiary/aromatic N) is 2. The summed E-state index contributed by atoms with van der Waals surface area (Å²) in [6.45, 7) is 0.744. The second kappa shape index (κ2) is 6.69. The van der Waals surface area contributed by atoms with Gasteiger partial charge in [-0.2, -0.15) is 5.10 Å². The molecule has 2 heterocycles. The molecule has 1 amide bonds. The van der Waals surface area contributed by atoms with Crippen molar-refractivity contribution in [2.24, 2.45) is 0 Å². The number of carbonyl (C=O) groups is 1. The number of fused-ring (bicyclic) bond motifs is 1. The summed E-state index contributed by atoms with van der Waals surface area (Å²) >= 11 is 0. The van der Waals surface area contributed by atoms with E-state index in [9.17, 15) is 9.90 Å². The number of aliphatic hydroxyl groups is 1. The molecule has 4 rings (SSSR count). The van der Waals surface area contributed by atoms with Crippen LogP contribution in [-0.2, 0) is 0 Å². The number of aliphatic hydroxyl groups excluding tert-OH is 1. The molecule has 0 bridgehead atoms. The predicted octanol–water partition coefficient (Wildman–Crippen LogP) is 3.29. The van der Waals surface area contributed by atoms with E-state index in [0.29, 0.717) is 12.0 Å². The average Bonchev–Trinajstić information content (AvgIpc) is 3.30. The number of likely N-dealkylation sites (tertiary alicyclic amines) is 1. The molecule has 5 nitrogen and oxygen atoms in total. The summed E-state index contributed by atoms with van der Waals surface area (Å²) in [5, 5.41) is 18.4. The summed E-state index contributed by atoms with van der Waals surface area (Å²) in [6, 6.07) is 15.3. The Kier molecular flexibility index (Phi) is 4.24. The van der Waals surface area contributed by atoms with Crippen molar-refractivity contribution in [3.8, 4) is 0 Å². The lowest BCUT2D eigenvalue weighted by Gasteiger charge is -2.27. The van der Waals surface area contributed by atoms with Gasteiger partial charge >= 0.3 is 0 Å². The number of H-pyrrole nitrogens is 1. The molecular weight excluding hydrogens is 314 g/mol. The minimum atomic E-state index is -0.545. The van der Waals surface area contributed by atoms with Crippen LogP contribution in [0.4, 0.5) is 0 Å². The second-order valence-corrected chi connectivity index (χ2v) is 6.63. The molecule has 1 fully saturated rings. The van der Waals surface area contributed by atoms with Gasteiger partial charge in [0.2, 0.25) is 0 Å². The van der Waals surface area contributed by atoms with E-state index in [0.717, 1.165) is 35.9 Å². The molecule has 0 aliphatic carbocycles. The Morgan fingerprint density at radius 3 is 2.96 bits per heavy atom. The van der Waals surface area contributed by atoms with Crippen molar-refractivity contribution < 1.29 is 9.90 Å². The summed E-state index contributed by atoms with van der Waals surface area (Å²) in [6.07, 6.45) is 3.67. The molecule has 1 aromatic heterocycles. The molecule has 3 aromatic rings. The molecule has 2 aromatic carbocycles. The quantitative estimate of drug-likeness (QED) is 0.769. The van der Waals surface area contributed by atoms with E-state index in [2.05, 4.69) is 10.2 Å². The number of hydrogen-bond acceptors (Lipinski definition) is 3. The third kappa shape index (κ3) is 3.15. The van der Waals surface area contributed by atoms with E-state index in [1.165, 1.54) is 0 Å². The molecule has 128 valence electrons. The highest BCUT2D eigenvalue weighted by molar-refractivity contribution is 5.98. The molecule has 1 aliphatic heterocycles. The maximum absolute atomic E-state index is 13.0. The molecule has 0 saturated carbocycles. The summed E-state index contributed by atoms with van der Waals surface area (Å²) in [5.74, 6) is 0.0332. The third-order valence-electron chi connectivity index (χ3n) is 5.00. The number of benzene rings is 2. The molecule has 5 heteroatoms. The fourth-order valence-corrected chi connectivity index (χ4v) is 3.66. The van der Waals surface area contributed by atoms with E-state index in [4.69, 9.17) is 0 Å². The molecule has 1 aliphatic rings. The van der Waals surface area contributed by atoms with Gasteiger partial charge in [0.15, 0.2) is 0 Å². The summed E-state index contributed by atoms with van der Waals surface area (Å²) in [4.78, 5) is 14.9. The van der Waals surface area contributed by atoms with Gasteiger partial charge in [0, 0.05) is 23.5 Å². The largest absolute Gasteiger partial charge is 0.388 e. The lowest BCUT2D eigenvalue weighted by atomic mass is 10.00. The standard InChI is InChI=1S/C20H21N3O2/c24-19(14-5-2-1-3-6-14)12-17-7-4-10-23(17)20(25)15-8-9-18-16(11-15)13-21-22-18/h1-3,5-6,8-9,11,13,17,19,24H,4,7,10,12H2,(H,21,22). The summed E-state index contributed by atoms with van der Waals surface area (Å²) in [7, 11) is 0. The number of rotatable bonds is 4. The number of aromatic amines is 1. The van der Waals surface area contributed by atoms with Crippen molar-refractivity contribution in [3.05, 3.63) is 65.9 Å². The number of nitrogens with one attached hydrogen (secondary N) is 1. The molecular formula is C20H21N3O2. The van der Waals surface area contributed by atoms with Crippen LogP contribution in [0.2, 0.25) is 0 Å². The van der Waals surface area contributed by atoms with Gasteiger partial charge in [-0.25, -0.2) is 0 Å². The van der Waals surface area contributed by atoms with E-state index < -0.39 is 6.10 Å². The van der Waals surface area contributed by atoms with E-state index in [1.54, 1.807) is 6.20 Å². The molecule has 1 saturated heterocycles. The number of carbonyl (C=O) groups excluding carboxylic acids is 1. The monoisotopic (exact) mass is 335 g/mol. The van der Waals surface area contributed by atoms with Crippen LogP contribution in [-0.4, -0.2) is 38.7 Å². The minimum absolute atomic E-state index is 0.0332. The fraction of sp³-hybridized carbons (Fsp3) is 0.300. The van der Waals surface area contributed by atoms with E-state index in [-0.39, 0.29) is 11.9 Å². The topological polar surface area (TPSA) is 69.2 Å².